The lowest BCUT2D eigenvalue weighted by atomic mass is 10.0. The smallest absolute Gasteiger partial charge is 0.254 e. The maximum atomic E-state index is 12.4. The van der Waals surface area contributed by atoms with Gasteiger partial charge >= 0.3 is 0 Å². The highest BCUT2D eigenvalue weighted by Crippen LogP contribution is 2.35. The summed E-state index contributed by atoms with van der Waals surface area (Å²) < 4.78 is 16.8. The van der Waals surface area contributed by atoms with E-state index in [1.54, 1.807) is 0 Å². The van der Waals surface area contributed by atoms with E-state index in [1.165, 1.54) is 11.8 Å². The molecule has 0 bridgehead atoms. The molecule has 0 unspecified atom stereocenters. The fourth-order valence-corrected chi connectivity index (χ4v) is 3.62. The molecule has 6 heteroatoms. The molecule has 3 heterocycles. The minimum absolute atomic E-state index is 0.121. The van der Waals surface area contributed by atoms with E-state index in [0.29, 0.717) is 18.7 Å². The number of amides is 1. The van der Waals surface area contributed by atoms with Crippen LogP contribution in [0.25, 0.3) is 0 Å². The van der Waals surface area contributed by atoms with Gasteiger partial charge in [0.1, 0.15) is 23.4 Å². The molecule has 1 saturated heterocycles. The molecule has 27 heavy (non-hydrogen) atoms. The summed E-state index contributed by atoms with van der Waals surface area (Å²) in [6.45, 7) is 8.63. The number of hydrogen-bond donors (Lipinski definition) is 1. The summed E-state index contributed by atoms with van der Waals surface area (Å²) in [6, 6.07) is 7.93. The summed E-state index contributed by atoms with van der Waals surface area (Å²) in [5.74, 6) is 1.63. The molecule has 2 aliphatic heterocycles. The van der Waals surface area contributed by atoms with Crippen LogP contribution >= 0.6 is 0 Å². The Morgan fingerprint density at radius 1 is 1.22 bits per heavy atom. The molecule has 6 nitrogen and oxygen atoms in total. The summed E-state index contributed by atoms with van der Waals surface area (Å²) >= 11 is 0. The van der Waals surface area contributed by atoms with E-state index in [0.717, 1.165) is 49.8 Å². The SMILES string of the molecule is CC1(C)Cc2cc(CNC(=O)c3coc(CN4CCOCC4)c3)ccc2O1. The van der Waals surface area contributed by atoms with E-state index in [1.807, 2.05) is 18.2 Å². The van der Waals surface area contributed by atoms with Crippen molar-refractivity contribution in [1.82, 2.24) is 10.2 Å². The van der Waals surface area contributed by atoms with Gasteiger partial charge in [0.05, 0.1) is 25.3 Å². The Morgan fingerprint density at radius 3 is 2.85 bits per heavy atom. The molecule has 1 fully saturated rings. The van der Waals surface area contributed by atoms with Gasteiger partial charge in [-0.1, -0.05) is 12.1 Å². The molecule has 2 aromatic rings. The van der Waals surface area contributed by atoms with Crippen LogP contribution in [0.3, 0.4) is 0 Å². The van der Waals surface area contributed by atoms with Crippen LogP contribution in [-0.4, -0.2) is 42.7 Å². The van der Waals surface area contributed by atoms with Gasteiger partial charge in [0, 0.05) is 26.1 Å². The zero-order valence-corrected chi connectivity index (χ0v) is 15.9. The van der Waals surface area contributed by atoms with Crippen molar-refractivity contribution in [3.63, 3.8) is 0 Å². The van der Waals surface area contributed by atoms with Gasteiger partial charge in [-0.15, -0.1) is 0 Å². The van der Waals surface area contributed by atoms with E-state index in [2.05, 4.69) is 30.1 Å². The molecule has 0 aliphatic carbocycles. The average molecular weight is 370 g/mol. The Bertz CT molecular complexity index is 821. The summed E-state index contributed by atoms with van der Waals surface area (Å²) in [6.07, 6.45) is 2.42. The number of morpholine rings is 1. The van der Waals surface area contributed by atoms with Crippen LogP contribution in [0, 0.1) is 0 Å². The molecule has 0 radical (unpaired) electrons. The number of fused-ring (bicyclic) bond motifs is 1. The van der Waals surface area contributed by atoms with E-state index >= 15 is 0 Å². The number of nitrogens with one attached hydrogen (secondary N) is 1. The number of carbonyl (C=O) groups is 1. The predicted octanol–water partition coefficient (Wildman–Crippen LogP) is 2.76. The highest BCUT2D eigenvalue weighted by atomic mass is 16.5. The molecule has 1 N–H and O–H groups in total. The quantitative estimate of drug-likeness (QED) is 0.877. The minimum atomic E-state index is -0.155. The Morgan fingerprint density at radius 2 is 2.04 bits per heavy atom. The third kappa shape index (κ3) is 4.34. The second-order valence-corrected chi connectivity index (χ2v) is 7.85. The van der Waals surface area contributed by atoms with Gasteiger partial charge in [-0.05, 0) is 37.1 Å². The Labute approximate surface area is 159 Å². The lowest BCUT2D eigenvalue weighted by molar-refractivity contribution is 0.0313. The van der Waals surface area contributed by atoms with Gasteiger partial charge in [0.25, 0.3) is 5.91 Å². The van der Waals surface area contributed by atoms with Gasteiger partial charge in [0.15, 0.2) is 0 Å². The first-order valence-electron chi connectivity index (χ1n) is 9.45. The summed E-state index contributed by atoms with van der Waals surface area (Å²) in [5.41, 5.74) is 2.67. The van der Waals surface area contributed by atoms with Crippen molar-refractivity contribution in [2.24, 2.45) is 0 Å². The third-order valence-corrected chi connectivity index (χ3v) is 4.98. The van der Waals surface area contributed by atoms with Crippen LogP contribution in [0.1, 0.15) is 41.1 Å². The Hall–Kier alpha value is -2.31. The number of benzene rings is 1. The number of hydrogen-bond acceptors (Lipinski definition) is 5. The van der Waals surface area contributed by atoms with E-state index in [9.17, 15) is 4.79 Å². The first-order valence-corrected chi connectivity index (χ1v) is 9.45. The molecule has 1 aromatic carbocycles. The second-order valence-electron chi connectivity index (χ2n) is 7.85. The van der Waals surface area contributed by atoms with E-state index in [4.69, 9.17) is 13.9 Å². The molecular formula is C21H26N2O4. The van der Waals surface area contributed by atoms with Gasteiger partial charge in [-0.3, -0.25) is 9.69 Å². The lowest BCUT2D eigenvalue weighted by Crippen LogP contribution is -2.35. The molecule has 144 valence electrons. The third-order valence-electron chi connectivity index (χ3n) is 4.98. The van der Waals surface area contributed by atoms with Crippen LogP contribution < -0.4 is 10.1 Å². The molecule has 4 rings (SSSR count). The first kappa shape index (κ1) is 18.1. The van der Waals surface area contributed by atoms with Gasteiger partial charge in [-0.2, -0.15) is 0 Å². The highest BCUT2D eigenvalue weighted by molar-refractivity contribution is 5.93. The van der Waals surface area contributed by atoms with Crippen LogP contribution in [0.5, 0.6) is 5.75 Å². The molecule has 1 aromatic heterocycles. The van der Waals surface area contributed by atoms with Gasteiger partial charge < -0.3 is 19.2 Å². The number of rotatable bonds is 5. The molecule has 0 spiro atoms. The fourth-order valence-electron chi connectivity index (χ4n) is 3.62. The molecule has 2 aliphatic rings. The fraction of sp³-hybridized carbons (Fsp3) is 0.476. The second kappa shape index (κ2) is 7.37. The highest BCUT2D eigenvalue weighted by Gasteiger charge is 2.29. The predicted molar refractivity (Wildman–Crippen MR) is 101 cm³/mol. The topological polar surface area (TPSA) is 63.9 Å². The first-order chi connectivity index (χ1) is 13.0. The van der Waals surface area contributed by atoms with E-state index < -0.39 is 0 Å². The molecule has 0 atom stereocenters. The lowest BCUT2D eigenvalue weighted by Gasteiger charge is -2.25. The maximum absolute atomic E-state index is 12.4. The monoisotopic (exact) mass is 370 g/mol. The Balaban J connectivity index is 1.32. The summed E-state index contributed by atoms with van der Waals surface area (Å²) in [7, 11) is 0. The van der Waals surface area contributed by atoms with Crippen LogP contribution in [0.15, 0.2) is 34.9 Å². The van der Waals surface area contributed by atoms with Crippen molar-refractivity contribution < 1.29 is 18.7 Å². The van der Waals surface area contributed by atoms with Crippen molar-refractivity contribution in [1.29, 1.82) is 0 Å². The number of nitrogens with zero attached hydrogens (tertiary/aromatic N) is 1. The van der Waals surface area contributed by atoms with Crippen LogP contribution in [0.4, 0.5) is 0 Å². The van der Waals surface area contributed by atoms with Gasteiger partial charge in [0.2, 0.25) is 0 Å². The molecular weight excluding hydrogens is 344 g/mol. The summed E-state index contributed by atoms with van der Waals surface area (Å²) in [5, 5.41) is 2.97. The zero-order chi connectivity index (χ0) is 18.9. The average Bonchev–Trinajstić information content (AvgIpc) is 3.22. The van der Waals surface area contributed by atoms with Crippen molar-refractivity contribution in [2.75, 3.05) is 26.3 Å². The van der Waals surface area contributed by atoms with Crippen molar-refractivity contribution >= 4 is 5.91 Å². The minimum Gasteiger partial charge on any atom is -0.487 e. The Kier molecular flexibility index (Phi) is 4.93. The number of furan rings is 1. The van der Waals surface area contributed by atoms with Crippen LogP contribution in [-0.2, 0) is 24.2 Å². The summed E-state index contributed by atoms with van der Waals surface area (Å²) in [4.78, 5) is 14.7. The maximum Gasteiger partial charge on any atom is 0.254 e. The molecule has 1 amide bonds. The van der Waals surface area contributed by atoms with Crippen molar-refractivity contribution in [2.45, 2.75) is 39.0 Å². The standard InChI is InChI=1S/C21H26N2O4/c1-21(2)11-16-9-15(3-4-19(16)27-21)12-22-20(24)17-10-18(26-14-17)13-23-5-7-25-8-6-23/h3-4,9-10,14H,5-8,11-13H2,1-2H3,(H,22,24). The number of ether oxygens (including phenoxy) is 2. The van der Waals surface area contributed by atoms with E-state index in [-0.39, 0.29) is 11.5 Å². The van der Waals surface area contributed by atoms with Crippen molar-refractivity contribution in [3.05, 3.63) is 53.0 Å². The van der Waals surface area contributed by atoms with Crippen LogP contribution in [0.2, 0.25) is 0 Å². The normalized spacial score (nSPS) is 18.7. The largest absolute Gasteiger partial charge is 0.487 e. The van der Waals surface area contributed by atoms with Crippen molar-refractivity contribution in [3.8, 4) is 5.75 Å². The number of carbonyl (C=O) groups excluding carboxylic acids is 1. The van der Waals surface area contributed by atoms with Gasteiger partial charge in [-0.25, -0.2) is 0 Å². The zero-order valence-electron chi connectivity index (χ0n) is 15.9. The molecule has 0 saturated carbocycles.